The number of benzene rings is 2. The van der Waals surface area contributed by atoms with E-state index in [2.05, 4.69) is 10.3 Å². The number of ether oxygens (including phenoxy) is 1. The number of rotatable bonds is 7. The lowest BCUT2D eigenvalue weighted by Gasteiger charge is -2.42. The van der Waals surface area contributed by atoms with E-state index in [4.69, 9.17) is 4.74 Å². The number of phenols is 1. The molecule has 3 heterocycles. The van der Waals surface area contributed by atoms with Crippen LogP contribution in [0.3, 0.4) is 0 Å². The first-order valence-electron chi connectivity index (χ1n) is 11.4. The van der Waals surface area contributed by atoms with E-state index in [1.54, 1.807) is 43.2 Å². The van der Waals surface area contributed by atoms with Crippen LogP contribution in [0.2, 0.25) is 0 Å². The predicted molar refractivity (Wildman–Crippen MR) is 125 cm³/mol. The fraction of sp³-hybridized carbons (Fsp3) is 0.360. The first kappa shape index (κ1) is 23.1. The molecule has 8 nitrogen and oxygen atoms in total. The van der Waals surface area contributed by atoms with Crippen molar-refractivity contribution in [3.63, 3.8) is 0 Å². The van der Waals surface area contributed by atoms with Gasteiger partial charge in [-0.1, -0.05) is 12.1 Å². The molecule has 10 heteroatoms. The highest BCUT2D eigenvalue weighted by Gasteiger charge is 2.60. The Morgan fingerprint density at radius 2 is 2.06 bits per heavy atom. The van der Waals surface area contributed by atoms with Gasteiger partial charge in [-0.25, -0.2) is 13.6 Å². The number of aromatic hydroxyl groups is 1. The second-order valence-electron chi connectivity index (χ2n) is 9.08. The number of carbonyl (C=O) groups is 2. The number of hydrogen-bond acceptors (Lipinski definition) is 5. The van der Waals surface area contributed by atoms with E-state index in [-0.39, 0.29) is 31.2 Å². The van der Waals surface area contributed by atoms with E-state index in [1.165, 1.54) is 0 Å². The number of aromatic amines is 1. The summed E-state index contributed by atoms with van der Waals surface area (Å²) in [7, 11) is 1.58. The molecular formula is C25H26F2N4O4. The number of carbonyl (C=O) groups excluding carboxylic acids is 2. The van der Waals surface area contributed by atoms with Crippen LogP contribution in [0, 0.1) is 0 Å². The number of urea groups is 1. The lowest BCUT2D eigenvalue weighted by atomic mass is 9.81. The molecule has 35 heavy (non-hydrogen) atoms. The SMILES string of the molecule is COc1ccc2[nH]c3c(c2c1)CC1(C)C(=O)N(CCNCC(F)F)C(=O)N1C3c1cccc(O)c1. The average molecular weight is 485 g/mol. The van der Waals surface area contributed by atoms with Crippen LogP contribution < -0.4 is 10.1 Å². The zero-order chi connectivity index (χ0) is 24.9. The van der Waals surface area contributed by atoms with Gasteiger partial charge in [0, 0.05) is 36.1 Å². The van der Waals surface area contributed by atoms with Gasteiger partial charge in [0.1, 0.15) is 23.1 Å². The van der Waals surface area contributed by atoms with E-state index < -0.39 is 30.6 Å². The Kier molecular flexibility index (Phi) is 5.63. The molecule has 5 rings (SSSR count). The molecular weight excluding hydrogens is 458 g/mol. The predicted octanol–water partition coefficient (Wildman–Crippen LogP) is 3.41. The Morgan fingerprint density at radius 3 is 2.77 bits per heavy atom. The Bertz CT molecular complexity index is 1310. The molecule has 0 saturated carbocycles. The molecule has 0 radical (unpaired) electrons. The summed E-state index contributed by atoms with van der Waals surface area (Å²) in [5.74, 6) is 0.330. The van der Waals surface area contributed by atoms with Crippen molar-refractivity contribution in [1.82, 2.24) is 20.1 Å². The topological polar surface area (TPSA) is 97.9 Å². The van der Waals surface area contributed by atoms with E-state index in [0.717, 1.165) is 27.1 Å². The molecule has 3 amide bonds. The number of nitrogens with zero attached hydrogens (tertiary/aromatic N) is 2. The largest absolute Gasteiger partial charge is 0.508 e. The number of H-pyrrole nitrogens is 1. The summed E-state index contributed by atoms with van der Waals surface area (Å²) < 4.78 is 30.4. The second-order valence-corrected chi connectivity index (χ2v) is 9.08. The molecule has 3 aromatic rings. The third-order valence-electron chi connectivity index (χ3n) is 6.87. The highest BCUT2D eigenvalue weighted by Crippen LogP contribution is 2.49. The van der Waals surface area contributed by atoms with Crippen LogP contribution >= 0.6 is 0 Å². The number of aromatic nitrogens is 1. The van der Waals surface area contributed by atoms with Gasteiger partial charge in [0.2, 0.25) is 0 Å². The Labute approximate surface area is 200 Å². The molecule has 0 bridgehead atoms. The Hall–Kier alpha value is -3.66. The molecule has 2 aliphatic heterocycles. The number of alkyl halides is 2. The van der Waals surface area contributed by atoms with Crippen LogP contribution in [0.15, 0.2) is 42.5 Å². The van der Waals surface area contributed by atoms with Gasteiger partial charge in [-0.3, -0.25) is 14.6 Å². The summed E-state index contributed by atoms with van der Waals surface area (Å²) in [4.78, 5) is 33.4. The quantitative estimate of drug-likeness (QED) is 0.353. The van der Waals surface area contributed by atoms with Gasteiger partial charge in [0.25, 0.3) is 12.3 Å². The second kappa shape index (κ2) is 8.53. The number of phenolic OH excluding ortho intramolecular Hbond substituents is 1. The van der Waals surface area contributed by atoms with Crippen LogP contribution in [0.1, 0.15) is 29.8 Å². The minimum Gasteiger partial charge on any atom is -0.508 e. The van der Waals surface area contributed by atoms with E-state index in [0.29, 0.717) is 11.3 Å². The molecule has 2 aromatic carbocycles. The fourth-order valence-corrected chi connectivity index (χ4v) is 5.26. The maximum absolute atomic E-state index is 13.6. The molecule has 1 fully saturated rings. The van der Waals surface area contributed by atoms with Crippen molar-refractivity contribution in [2.24, 2.45) is 0 Å². The molecule has 3 N–H and O–H groups in total. The average Bonchev–Trinajstić information content (AvgIpc) is 3.27. The zero-order valence-corrected chi connectivity index (χ0v) is 19.3. The molecule has 0 spiro atoms. The van der Waals surface area contributed by atoms with Gasteiger partial charge in [-0.05, 0) is 48.4 Å². The molecule has 2 aliphatic rings. The number of imide groups is 1. The number of nitrogens with one attached hydrogen (secondary N) is 2. The number of amides is 3. The first-order valence-corrected chi connectivity index (χ1v) is 11.4. The van der Waals surface area contributed by atoms with Crippen molar-refractivity contribution in [3.8, 4) is 11.5 Å². The summed E-state index contributed by atoms with van der Waals surface area (Å²) in [5.41, 5.74) is 1.95. The standard InChI is InChI=1S/C25H26F2N4O4/c1-25-12-18-17-11-16(35-2)6-7-19(17)29-21(18)22(14-4-3-5-15(32)10-14)31(25)24(34)30(23(25)33)9-8-28-13-20(26)27/h3-7,10-11,20,22,28-29,32H,8-9,12-13H2,1-2H3. The molecule has 2 atom stereocenters. The van der Waals surface area contributed by atoms with Crippen molar-refractivity contribution in [3.05, 3.63) is 59.3 Å². The molecule has 184 valence electrons. The molecule has 1 aromatic heterocycles. The fourth-order valence-electron chi connectivity index (χ4n) is 5.26. The molecule has 1 saturated heterocycles. The maximum Gasteiger partial charge on any atom is 0.328 e. The van der Waals surface area contributed by atoms with Gasteiger partial charge in [0.15, 0.2) is 0 Å². The van der Waals surface area contributed by atoms with Crippen LogP contribution in [-0.2, 0) is 11.2 Å². The van der Waals surface area contributed by atoms with E-state index >= 15 is 0 Å². The number of halogens is 2. The zero-order valence-electron chi connectivity index (χ0n) is 19.3. The minimum atomic E-state index is -2.52. The Balaban J connectivity index is 1.61. The number of hydrogen-bond donors (Lipinski definition) is 3. The smallest absolute Gasteiger partial charge is 0.328 e. The highest BCUT2D eigenvalue weighted by molar-refractivity contribution is 6.08. The molecule has 0 aliphatic carbocycles. The normalized spacial score (nSPS) is 21.7. The summed E-state index contributed by atoms with van der Waals surface area (Å²) in [6.45, 7) is 1.26. The van der Waals surface area contributed by atoms with Gasteiger partial charge >= 0.3 is 6.03 Å². The van der Waals surface area contributed by atoms with Crippen LogP contribution in [0.4, 0.5) is 13.6 Å². The summed E-state index contributed by atoms with van der Waals surface area (Å²) >= 11 is 0. The van der Waals surface area contributed by atoms with Gasteiger partial charge in [-0.15, -0.1) is 0 Å². The lowest BCUT2D eigenvalue weighted by molar-refractivity contribution is -0.133. The van der Waals surface area contributed by atoms with Crippen LogP contribution in [0.5, 0.6) is 11.5 Å². The third-order valence-corrected chi connectivity index (χ3v) is 6.87. The molecule has 2 unspecified atom stereocenters. The van der Waals surface area contributed by atoms with Crippen LogP contribution in [-0.4, -0.2) is 70.5 Å². The highest BCUT2D eigenvalue weighted by atomic mass is 19.3. The van der Waals surface area contributed by atoms with Gasteiger partial charge in [-0.2, -0.15) is 0 Å². The van der Waals surface area contributed by atoms with Crippen molar-refractivity contribution >= 4 is 22.8 Å². The lowest BCUT2D eigenvalue weighted by Crippen LogP contribution is -2.53. The van der Waals surface area contributed by atoms with E-state index in [9.17, 15) is 23.5 Å². The van der Waals surface area contributed by atoms with E-state index in [1.807, 2.05) is 18.2 Å². The summed E-state index contributed by atoms with van der Waals surface area (Å²) in [6, 6.07) is 11.1. The third kappa shape index (κ3) is 3.68. The number of methoxy groups -OCH3 is 1. The van der Waals surface area contributed by atoms with Crippen LogP contribution in [0.25, 0.3) is 10.9 Å². The first-order chi connectivity index (χ1) is 16.7. The van der Waals surface area contributed by atoms with Crippen molar-refractivity contribution in [1.29, 1.82) is 0 Å². The summed E-state index contributed by atoms with van der Waals surface area (Å²) in [5, 5.41) is 13.7. The Morgan fingerprint density at radius 1 is 1.26 bits per heavy atom. The monoisotopic (exact) mass is 484 g/mol. The number of fused-ring (bicyclic) bond motifs is 4. The van der Waals surface area contributed by atoms with Crippen molar-refractivity contribution in [2.45, 2.75) is 31.4 Å². The maximum atomic E-state index is 13.6. The summed E-state index contributed by atoms with van der Waals surface area (Å²) in [6.07, 6.45) is -2.25. The minimum absolute atomic E-state index is 0.0221. The van der Waals surface area contributed by atoms with Crippen molar-refractivity contribution in [2.75, 3.05) is 26.7 Å². The van der Waals surface area contributed by atoms with Gasteiger partial charge in [0.05, 0.1) is 13.7 Å². The van der Waals surface area contributed by atoms with Gasteiger partial charge < -0.3 is 20.1 Å². The van der Waals surface area contributed by atoms with Crippen molar-refractivity contribution < 1.29 is 28.2 Å².